The molecule has 3 rings (SSSR count). The third-order valence-corrected chi connectivity index (χ3v) is 4.31. The maximum Gasteiger partial charge on any atom is 0.340 e. The van der Waals surface area contributed by atoms with Crippen LogP contribution >= 0.6 is 0 Å². The summed E-state index contributed by atoms with van der Waals surface area (Å²) in [6, 6.07) is 12.0. The highest BCUT2D eigenvalue weighted by atomic mass is 16.5. The van der Waals surface area contributed by atoms with Crippen LogP contribution in [0.2, 0.25) is 0 Å². The van der Waals surface area contributed by atoms with Crippen LogP contribution in [0.25, 0.3) is 10.8 Å². The minimum absolute atomic E-state index is 0.0195. The van der Waals surface area contributed by atoms with Crippen LogP contribution in [-0.4, -0.2) is 42.3 Å². The number of methoxy groups -OCH3 is 2. The molecule has 0 radical (unpaired) electrons. The molecule has 9 nitrogen and oxygen atoms in total. The van der Waals surface area contributed by atoms with E-state index in [1.54, 1.807) is 24.3 Å². The van der Waals surface area contributed by atoms with Gasteiger partial charge in [0.1, 0.15) is 16.9 Å². The fourth-order valence-electron chi connectivity index (χ4n) is 2.83. The van der Waals surface area contributed by atoms with Gasteiger partial charge in [0.25, 0.3) is 0 Å². The quantitative estimate of drug-likeness (QED) is 0.476. The van der Waals surface area contributed by atoms with Crippen LogP contribution in [0.15, 0.2) is 58.8 Å². The van der Waals surface area contributed by atoms with Gasteiger partial charge in [-0.15, -0.1) is 10.2 Å². The molecule has 0 unspecified atom stereocenters. The van der Waals surface area contributed by atoms with Crippen LogP contribution in [0, 0.1) is 0 Å². The van der Waals surface area contributed by atoms with E-state index in [9.17, 15) is 24.6 Å². The summed E-state index contributed by atoms with van der Waals surface area (Å²) in [5.74, 6) is -3.27. The number of hydrogen-bond acceptors (Lipinski definition) is 8. The normalized spacial score (nSPS) is 10.9. The molecule has 0 aliphatic heterocycles. The first-order valence-corrected chi connectivity index (χ1v) is 8.57. The van der Waals surface area contributed by atoms with Gasteiger partial charge in [-0.05, 0) is 29.7 Å². The highest BCUT2D eigenvalue weighted by molar-refractivity contribution is 6.04. The van der Waals surface area contributed by atoms with Crippen molar-refractivity contribution in [3.05, 3.63) is 65.2 Å². The van der Waals surface area contributed by atoms with Gasteiger partial charge in [-0.1, -0.05) is 24.3 Å². The molecule has 9 heteroatoms. The Kier molecular flexibility index (Phi) is 5.73. The second kappa shape index (κ2) is 8.39. The van der Waals surface area contributed by atoms with Gasteiger partial charge in [0.2, 0.25) is 0 Å². The number of nitrogens with zero attached hydrogens (tertiary/aromatic N) is 2. The Hall–Kier alpha value is -4.27. The second-order valence-electron chi connectivity index (χ2n) is 6.06. The molecule has 0 saturated carbocycles. The molecule has 0 fully saturated rings. The van der Waals surface area contributed by atoms with E-state index in [0.29, 0.717) is 10.8 Å². The number of ether oxygens (including phenoxy) is 2. The maximum atomic E-state index is 12.1. The summed E-state index contributed by atoms with van der Waals surface area (Å²) in [6.45, 7) is 0. The molecule has 0 aliphatic rings. The number of carbonyl (C=O) groups is 3. The molecule has 3 aromatic carbocycles. The van der Waals surface area contributed by atoms with Crippen molar-refractivity contribution in [3.63, 3.8) is 0 Å². The second-order valence-corrected chi connectivity index (χ2v) is 6.06. The van der Waals surface area contributed by atoms with Crippen LogP contribution in [-0.2, 0) is 9.47 Å². The maximum absolute atomic E-state index is 12.1. The van der Waals surface area contributed by atoms with Crippen molar-refractivity contribution in [1.82, 2.24) is 0 Å². The van der Waals surface area contributed by atoms with E-state index in [2.05, 4.69) is 15.0 Å². The lowest BCUT2D eigenvalue weighted by atomic mass is 10.0. The minimum Gasteiger partial charge on any atom is -0.505 e. The van der Waals surface area contributed by atoms with Crippen molar-refractivity contribution in [2.24, 2.45) is 10.2 Å². The fraction of sp³-hybridized carbons (Fsp3) is 0.0952. The van der Waals surface area contributed by atoms with Gasteiger partial charge in [-0.2, -0.15) is 0 Å². The zero-order valence-corrected chi connectivity index (χ0v) is 15.9. The Morgan fingerprint density at radius 2 is 1.57 bits per heavy atom. The van der Waals surface area contributed by atoms with Crippen LogP contribution in [0.5, 0.6) is 5.75 Å². The van der Waals surface area contributed by atoms with Crippen molar-refractivity contribution in [3.8, 4) is 5.75 Å². The van der Waals surface area contributed by atoms with Crippen molar-refractivity contribution in [2.75, 3.05) is 14.2 Å². The van der Waals surface area contributed by atoms with Crippen molar-refractivity contribution in [2.45, 2.75) is 0 Å². The summed E-state index contributed by atoms with van der Waals surface area (Å²) in [6.07, 6.45) is 0. The van der Waals surface area contributed by atoms with Crippen LogP contribution < -0.4 is 0 Å². The Labute approximate surface area is 170 Å². The predicted molar refractivity (Wildman–Crippen MR) is 106 cm³/mol. The summed E-state index contributed by atoms with van der Waals surface area (Å²) in [7, 11) is 2.40. The number of fused-ring (bicyclic) bond motifs is 1. The fourth-order valence-corrected chi connectivity index (χ4v) is 2.83. The number of carboxylic acid groups (broad SMARTS) is 1. The number of rotatable bonds is 5. The van der Waals surface area contributed by atoms with E-state index < -0.39 is 23.7 Å². The zero-order valence-electron chi connectivity index (χ0n) is 15.9. The highest BCUT2D eigenvalue weighted by Gasteiger charge is 2.19. The van der Waals surface area contributed by atoms with Crippen molar-refractivity contribution in [1.29, 1.82) is 0 Å². The number of aromatic carboxylic acids is 1. The van der Waals surface area contributed by atoms with Gasteiger partial charge in [0.05, 0.1) is 25.3 Å². The number of carbonyl (C=O) groups excluding carboxylic acids is 2. The topological polar surface area (TPSA) is 135 Å². The van der Waals surface area contributed by atoms with E-state index in [1.807, 2.05) is 0 Å². The van der Waals surface area contributed by atoms with Crippen molar-refractivity contribution >= 4 is 40.1 Å². The minimum atomic E-state index is -1.34. The van der Waals surface area contributed by atoms with E-state index in [0.717, 1.165) is 0 Å². The lowest BCUT2D eigenvalue weighted by Gasteiger charge is -2.08. The third kappa shape index (κ3) is 3.81. The molecule has 0 spiro atoms. The highest BCUT2D eigenvalue weighted by Crippen LogP contribution is 2.39. The number of benzene rings is 3. The Bertz CT molecular complexity index is 1200. The number of aromatic hydroxyl groups is 1. The number of carboxylic acids is 1. The smallest absolute Gasteiger partial charge is 0.340 e. The predicted octanol–water partition coefficient (Wildman–Crippen LogP) is 4.23. The van der Waals surface area contributed by atoms with Gasteiger partial charge in [-0.25, -0.2) is 14.4 Å². The first kappa shape index (κ1) is 20.5. The van der Waals surface area contributed by atoms with Gasteiger partial charge in [0, 0.05) is 5.39 Å². The molecular weight excluding hydrogens is 392 g/mol. The number of hydrogen-bond donors (Lipinski definition) is 2. The zero-order chi connectivity index (χ0) is 21.8. The van der Waals surface area contributed by atoms with E-state index in [1.165, 1.54) is 38.5 Å². The van der Waals surface area contributed by atoms with E-state index in [-0.39, 0.29) is 28.1 Å². The number of azo groups is 1. The third-order valence-electron chi connectivity index (χ3n) is 4.31. The van der Waals surface area contributed by atoms with Crippen LogP contribution in [0.3, 0.4) is 0 Å². The van der Waals surface area contributed by atoms with Gasteiger partial charge in [0.15, 0.2) is 5.75 Å². The SMILES string of the molecule is COC(=O)c1ccc(C(=O)OC)c(N=Nc2c(O)c(C(=O)O)cc3ccccc23)c1. The molecule has 0 saturated heterocycles. The first-order chi connectivity index (χ1) is 14.4. The van der Waals surface area contributed by atoms with Gasteiger partial charge >= 0.3 is 17.9 Å². The standard InChI is InChI=1S/C21H16N2O7/c1-29-20(27)12-7-8-14(21(28)30-2)16(10-12)22-23-17-13-6-4-3-5-11(13)9-15(18(17)24)19(25)26/h3-10,24H,1-2H3,(H,25,26). The molecule has 0 heterocycles. The molecule has 0 aliphatic carbocycles. The summed E-state index contributed by atoms with van der Waals surface area (Å²) >= 11 is 0. The average Bonchev–Trinajstić information content (AvgIpc) is 2.76. The lowest BCUT2D eigenvalue weighted by molar-refractivity contribution is 0.0587. The molecule has 0 amide bonds. The monoisotopic (exact) mass is 408 g/mol. The van der Waals surface area contributed by atoms with Crippen molar-refractivity contribution < 1.29 is 34.1 Å². The Morgan fingerprint density at radius 1 is 0.867 bits per heavy atom. The van der Waals surface area contributed by atoms with Crippen LogP contribution in [0.4, 0.5) is 11.4 Å². The number of esters is 2. The molecule has 0 aromatic heterocycles. The Morgan fingerprint density at radius 3 is 2.23 bits per heavy atom. The largest absolute Gasteiger partial charge is 0.505 e. The average molecular weight is 408 g/mol. The molecule has 0 bridgehead atoms. The molecular formula is C21H16N2O7. The van der Waals surface area contributed by atoms with E-state index in [4.69, 9.17) is 4.74 Å². The van der Waals surface area contributed by atoms with E-state index >= 15 is 0 Å². The summed E-state index contributed by atoms with van der Waals surface area (Å²) in [5.41, 5.74) is -0.322. The molecule has 0 atom stereocenters. The molecule has 3 aromatic rings. The van der Waals surface area contributed by atoms with Crippen LogP contribution in [0.1, 0.15) is 31.1 Å². The van der Waals surface area contributed by atoms with Gasteiger partial charge in [-0.3, -0.25) is 0 Å². The summed E-state index contributed by atoms with van der Waals surface area (Å²) in [5, 5.41) is 28.8. The summed E-state index contributed by atoms with van der Waals surface area (Å²) in [4.78, 5) is 35.4. The number of phenols is 1. The lowest BCUT2D eigenvalue weighted by Crippen LogP contribution is -2.05. The first-order valence-electron chi connectivity index (χ1n) is 8.57. The molecule has 30 heavy (non-hydrogen) atoms. The van der Waals surface area contributed by atoms with Gasteiger partial charge < -0.3 is 19.7 Å². The molecule has 2 N–H and O–H groups in total. The molecule has 152 valence electrons. The Balaban J connectivity index is 2.21. The summed E-state index contributed by atoms with van der Waals surface area (Å²) < 4.78 is 9.38.